The third-order valence-electron chi connectivity index (χ3n) is 5.29. The monoisotopic (exact) mass is 452 g/mol. The molecule has 0 N–H and O–H groups in total. The zero-order chi connectivity index (χ0) is 19.2. The molecule has 1 unspecified atom stereocenters. The molecule has 0 bridgehead atoms. The number of furan rings is 1. The fourth-order valence-corrected chi connectivity index (χ4v) is 6.69. The zero-order valence-electron chi connectivity index (χ0n) is 15.0. The summed E-state index contributed by atoms with van der Waals surface area (Å²) >= 11 is 3.44. The Hall–Kier alpha value is -1.64. The van der Waals surface area contributed by atoms with Gasteiger partial charge in [-0.25, -0.2) is 8.42 Å². The maximum absolute atomic E-state index is 13.5. The lowest BCUT2D eigenvalue weighted by atomic mass is 10.2. The second-order valence-electron chi connectivity index (χ2n) is 6.85. The molecule has 1 saturated heterocycles. The van der Waals surface area contributed by atoms with Gasteiger partial charge in [-0.05, 0) is 65.0 Å². The van der Waals surface area contributed by atoms with Crippen LogP contribution in [0.15, 0.2) is 44.3 Å². The molecule has 8 heteroatoms. The Labute approximate surface area is 167 Å². The summed E-state index contributed by atoms with van der Waals surface area (Å²) < 4.78 is 34.4. The highest BCUT2D eigenvalue weighted by Crippen LogP contribution is 2.41. The lowest BCUT2D eigenvalue weighted by Crippen LogP contribution is -2.31. The van der Waals surface area contributed by atoms with Gasteiger partial charge in [-0.1, -0.05) is 6.92 Å². The van der Waals surface area contributed by atoms with E-state index in [4.69, 9.17) is 4.42 Å². The number of halogens is 1. The molecule has 1 aromatic carbocycles. The van der Waals surface area contributed by atoms with Crippen LogP contribution < -0.4 is 4.90 Å². The average Bonchev–Trinajstić information content (AvgIpc) is 3.38. The molecule has 2 aliphatic heterocycles. The topological polar surface area (TPSA) is 70.8 Å². The van der Waals surface area contributed by atoms with Gasteiger partial charge in [0, 0.05) is 29.7 Å². The number of hydrogen-bond donors (Lipinski definition) is 0. The molecular weight excluding hydrogens is 432 g/mol. The Kier molecular flexibility index (Phi) is 4.90. The first kappa shape index (κ1) is 18.7. The van der Waals surface area contributed by atoms with E-state index in [9.17, 15) is 13.2 Å². The number of anilines is 1. The van der Waals surface area contributed by atoms with E-state index in [0.29, 0.717) is 35.4 Å². The maximum Gasteiger partial charge on any atom is 0.244 e. The molecule has 0 aliphatic carbocycles. The predicted octanol–water partition coefficient (Wildman–Crippen LogP) is 3.87. The van der Waals surface area contributed by atoms with Crippen molar-refractivity contribution >= 4 is 37.5 Å². The quantitative estimate of drug-likeness (QED) is 0.705. The standard InChI is InChI=1S/C19H21BrN2O4S/c1-2-19(23)21-9-7-13-11-14(20)18(12-16(13)21)27(24,25)22-8-3-5-15(22)17-6-4-10-26-17/h4,6,10-12,15H,2-3,5,7-9H2,1H3. The average molecular weight is 453 g/mol. The van der Waals surface area contributed by atoms with Crippen LogP contribution in [0.25, 0.3) is 0 Å². The molecule has 0 spiro atoms. The molecule has 144 valence electrons. The van der Waals surface area contributed by atoms with Gasteiger partial charge in [-0.15, -0.1) is 0 Å². The summed E-state index contributed by atoms with van der Waals surface area (Å²) in [5.74, 6) is 0.671. The van der Waals surface area contributed by atoms with Gasteiger partial charge < -0.3 is 9.32 Å². The van der Waals surface area contributed by atoms with Crippen LogP contribution in [0.2, 0.25) is 0 Å². The molecule has 3 heterocycles. The van der Waals surface area contributed by atoms with Crippen molar-refractivity contribution in [1.29, 1.82) is 0 Å². The lowest BCUT2D eigenvalue weighted by molar-refractivity contribution is -0.118. The fraction of sp³-hybridized carbons (Fsp3) is 0.421. The third-order valence-corrected chi connectivity index (χ3v) is 8.16. The largest absolute Gasteiger partial charge is 0.468 e. The van der Waals surface area contributed by atoms with Crippen molar-refractivity contribution in [2.24, 2.45) is 0 Å². The third kappa shape index (κ3) is 3.13. The minimum atomic E-state index is -3.73. The first-order valence-electron chi connectivity index (χ1n) is 9.11. The molecule has 2 aromatic rings. The maximum atomic E-state index is 13.5. The molecule has 0 saturated carbocycles. The van der Waals surface area contributed by atoms with Crippen LogP contribution in [0.5, 0.6) is 0 Å². The second-order valence-corrected chi connectivity index (χ2v) is 9.56. The normalized spacial score (nSPS) is 20.2. The van der Waals surface area contributed by atoms with Gasteiger partial charge in [-0.2, -0.15) is 4.31 Å². The molecule has 1 atom stereocenters. The van der Waals surface area contributed by atoms with Crippen molar-refractivity contribution < 1.29 is 17.6 Å². The molecule has 27 heavy (non-hydrogen) atoms. The summed E-state index contributed by atoms with van der Waals surface area (Å²) in [6.45, 7) is 2.86. The van der Waals surface area contributed by atoms with Gasteiger partial charge >= 0.3 is 0 Å². The predicted molar refractivity (Wildman–Crippen MR) is 105 cm³/mol. The van der Waals surface area contributed by atoms with Crippen molar-refractivity contribution in [2.75, 3.05) is 18.0 Å². The first-order valence-corrected chi connectivity index (χ1v) is 11.3. The van der Waals surface area contributed by atoms with E-state index in [1.54, 1.807) is 23.3 Å². The number of nitrogens with zero attached hydrogens (tertiary/aromatic N) is 2. The van der Waals surface area contributed by atoms with Gasteiger partial charge in [0.25, 0.3) is 0 Å². The van der Waals surface area contributed by atoms with Crippen molar-refractivity contribution in [1.82, 2.24) is 4.31 Å². The first-order chi connectivity index (χ1) is 12.9. The molecule has 1 fully saturated rings. The SMILES string of the molecule is CCC(=O)N1CCc2cc(Br)c(S(=O)(=O)N3CCCC3c3ccco3)cc21. The summed E-state index contributed by atoms with van der Waals surface area (Å²) in [5.41, 5.74) is 1.70. The Morgan fingerprint density at radius 3 is 2.85 bits per heavy atom. The summed E-state index contributed by atoms with van der Waals surface area (Å²) in [6.07, 6.45) is 4.21. The van der Waals surface area contributed by atoms with Gasteiger partial charge in [0.15, 0.2) is 0 Å². The van der Waals surface area contributed by atoms with E-state index < -0.39 is 10.0 Å². The summed E-state index contributed by atoms with van der Waals surface area (Å²) in [5, 5.41) is 0. The number of sulfonamides is 1. The Balaban J connectivity index is 1.75. The van der Waals surface area contributed by atoms with Crippen molar-refractivity contribution in [3.8, 4) is 0 Å². The van der Waals surface area contributed by atoms with Crippen LogP contribution >= 0.6 is 15.9 Å². The molecule has 4 rings (SSSR count). The number of amides is 1. The number of rotatable bonds is 4. The Bertz CT molecular complexity index is 972. The van der Waals surface area contributed by atoms with Crippen molar-refractivity contribution in [2.45, 2.75) is 43.5 Å². The number of benzene rings is 1. The zero-order valence-corrected chi connectivity index (χ0v) is 17.4. The van der Waals surface area contributed by atoms with Crippen molar-refractivity contribution in [3.63, 3.8) is 0 Å². The molecule has 1 amide bonds. The van der Waals surface area contributed by atoms with Crippen LogP contribution in [0, 0.1) is 0 Å². The van der Waals surface area contributed by atoms with E-state index >= 15 is 0 Å². The smallest absolute Gasteiger partial charge is 0.244 e. The van der Waals surface area contributed by atoms with Crippen LogP contribution in [0.1, 0.15) is 43.6 Å². The summed E-state index contributed by atoms with van der Waals surface area (Å²) in [7, 11) is -3.73. The number of carbonyl (C=O) groups excluding carboxylic acids is 1. The number of hydrogen-bond acceptors (Lipinski definition) is 4. The minimum Gasteiger partial charge on any atom is -0.468 e. The highest BCUT2D eigenvalue weighted by Gasteiger charge is 2.39. The fourth-order valence-electron chi connectivity index (χ4n) is 3.96. The van der Waals surface area contributed by atoms with E-state index in [-0.39, 0.29) is 16.8 Å². The van der Waals surface area contributed by atoms with E-state index in [1.165, 1.54) is 4.31 Å². The highest BCUT2D eigenvalue weighted by atomic mass is 79.9. The molecule has 6 nitrogen and oxygen atoms in total. The van der Waals surface area contributed by atoms with Gasteiger partial charge in [0.2, 0.25) is 15.9 Å². The molecule has 0 radical (unpaired) electrons. The second kappa shape index (κ2) is 7.07. The van der Waals surface area contributed by atoms with Crippen LogP contribution in [-0.2, 0) is 21.2 Å². The molecule has 2 aliphatic rings. The highest BCUT2D eigenvalue weighted by molar-refractivity contribution is 9.10. The molecule has 1 aromatic heterocycles. The van der Waals surface area contributed by atoms with E-state index in [1.807, 2.05) is 19.1 Å². The number of fused-ring (bicyclic) bond motifs is 1. The van der Waals surface area contributed by atoms with Crippen LogP contribution in [-0.4, -0.2) is 31.7 Å². The van der Waals surface area contributed by atoms with Crippen molar-refractivity contribution in [3.05, 3.63) is 46.3 Å². The lowest BCUT2D eigenvalue weighted by Gasteiger charge is -2.24. The van der Waals surface area contributed by atoms with Crippen LogP contribution in [0.3, 0.4) is 0 Å². The number of carbonyl (C=O) groups is 1. The van der Waals surface area contributed by atoms with Gasteiger partial charge in [-0.3, -0.25) is 4.79 Å². The summed E-state index contributed by atoms with van der Waals surface area (Å²) in [4.78, 5) is 14.1. The van der Waals surface area contributed by atoms with E-state index in [0.717, 1.165) is 24.8 Å². The Morgan fingerprint density at radius 1 is 1.33 bits per heavy atom. The van der Waals surface area contributed by atoms with Gasteiger partial charge in [0.05, 0.1) is 17.2 Å². The molecular formula is C19H21BrN2O4S. The Morgan fingerprint density at radius 2 is 2.15 bits per heavy atom. The summed E-state index contributed by atoms with van der Waals surface area (Å²) in [6, 6.07) is 6.78. The van der Waals surface area contributed by atoms with Crippen LogP contribution in [0.4, 0.5) is 5.69 Å². The van der Waals surface area contributed by atoms with E-state index in [2.05, 4.69) is 15.9 Å². The van der Waals surface area contributed by atoms with Gasteiger partial charge in [0.1, 0.15) is 5.76 Å². The minimum absolute atomic E-state index is 0.00838.